The molecular formula is C42H92P2. The second-order valence-electron chi connectivity index (χ2n) is 15.5. The zero-order valence-electron chi connectivity index (χ0n) is 32.5. The Morgan fingerprint density at radius 3 is 0.500 bits per heavy atom. The van der Waals surface area contributed by atoms with Gasteiger partial charge in [0.25, 0.3) is 0 Å². The first-order chi connectivity index (χ1) is 21.6. The third-order valence-corrected chi connectivity index (χ3v) is 33.0. The molecule has 0 aliphatic carbocycles. The van der Waals surface area contributed by atoms with E-state index in [0.29, 0.717) is 0 Å². The summed E-state index contributed by atoms with van der Waals surface area (Å²) < 4.78 is 0. The van der Waals surface area contributed by atoms with Crippen LogP contribution in [0.5, 0.6) is 0 Å². The van der Waals surface area contributed by atoms with Crippen LogP contribution in [0.3, 0.4) is 0 Å². The van der Waals surface area contributed by atoms with Crippen LogP contribution in [-0.2, 0) is 0 Å². The summed E-state index contributed by atoms with van der Waals surface area (Å²) in [4.78, 5) is 0. The van der Waals surface area contributed by atoms with Gasteiger partial charge in [0.1, 0.15) is 0 Å². The van der Waals surface area contributed by atoms with Gasteiger partial charge >= 0.3 is 285 Å². The van der Waals surface area contributed by atoms with Crippen molar-refractivity contribution in [1.82, 2.24) is 0 Å². The van der Waals surface area contributed by atoms with Gasteiger partial charge in [-0.3, -0.25) is 0 Å². The number of unbranched alkanes of at least 4 members (excludes halogenated alkanes) is 24. The van der Waals surface area contributed by atoms with Crippen LogP contribution in [0.25, 0.3) is 0 Å². The third kappa shape index (κ3) is 22.4. The average Bonchev–Trinajstić information content (AvgIpc) is 3.03. The molecule has 0 rings (SSSR count). The second-order valence-corrected chi connectivity index (χ2v) is 30.0. The Labute approximate surface area is 284 Å². The predicted octanol–water partition coefficient (Wildman–Crippen LogP) is 16.2. The van der Waals surface area contributed by atoms with Crippen molar-refractivity contribution in [3.05, 3.63) is 0 Å². The molecule has 270 valence electrons. The Hall–Kier alpha value is 0.860. The van der Waals surface area contributed by atoms with Gasteiger partial charge < -0.3 is 0 Å². The average molecular weight is 659 g/mol. The molecule has 0 saturated carbocycles. The molecule has 0 spiro atoms. The SMILES string of the molecule is CCCCCCCC[PH](CCCCCCCC)(CCCCCCCC)[PH](CCCCCC)(CCCCCC)CCCCCC. The molecule has 0 nitrogen and oxygen atoms in total. The van der Waals surface area contributed by atoms with Gasteiger partial charge in [0.15, 0.2) is 0 Å². The Balaban J connectivity index is 6.38. The molecule has 0 fully saturated rings. The quantitative estimate of drug-likeness (QED) is 0.0460. The molecule has 0 atom stereocenters. The fourth-order valence-electron chi connectivity index (χ4n) is 8.74. The molecule has 0 radical (unpaired) electrons. The normalized spacial score (nSPS) is 13.1. The van der Waals surface area contributed by atoms with E-state index in [2.05, 4.69) is 41.5 Å². The molecule has 2 heteroatoms. The van der Waals surface area contributed by atoms with Gasteiger partial charge in [0.05, 0.1) is 0 Å². The van der Waals surface area contributed by atoms with Gasteiger partial charge in [-0.1, -0.05) is 0 Å². The van der Waals surface area contributed by atoms with Gasteiger partial charge in [-0.15, -0.1) is 0 Å². The van der Waals surface area contributed by atoms with Gasteiger partial charge in [-0.25, -0.2) is 0 Å². The summed E-state index contributed by atoms with van der Waals surface area (Å²) in [5, 5.41) is 0. The number of hydrogen-bond donors (Lipinski definition) is 0. The van der Waals surface area contributed by atoms with E-state index in [-0.39, 0.29) is 0 Å². The molecule has 0 N–H and O–H groups in total. The molecule has 0 amide bonds. The monoisotopic (exact) mass is 659 g/mol. The van der Waals surface area contributed by atoms with Crippen LogP contribution < -0.4 is 0 Å². The number of rotatable bonds is 37. The van der Waals surface area contributed by atoms with Crippen LogP contribution in [0.2, 0.25) is 0 Å². The molecule has 0 heterocycles. The number of hydrogen-bond acceptors (Lipinski definition) is 0. The first-order valence-corrected chi connectivity index (χ1v) is 27.9. The van der Waals surface area contributed by atoms with Gasteiger partial charge in [-0.2, -0.15) is 0 Å². The zero-order valence-corrected chi connectivity index (χ0v) is 34.5. The molecule has 0 unspecified atom stereocenters. The molecule has 0 aromatic carbocycles. The van der Waals surface area contributed by atoms with Crippen LogP contribution in [0.15, 0.2) is 0 Å². The van der Waals surface area contributed by atoms with E-state index in [9.17, 15) is 0 Å². The fourth-order valence-corrected chi connectivity index (χ4v) is 31.7. The van der Waals surface area contributed by atoms with Crippen molar-refractivity contribution in [1.29, 1.82) is 0 Å². The molecule has 0 saturated heterocycles. The summed E-state index contributed by atoms with van der Waals surface area (Å²) in [6.45, 7) is 11.8. The van der Waals surface area contributed by atoms with E-state index in [4.69, 9.17) is 0 Å². The van der Waals surface area contributed by atoms with Crippen LogP contribution in [0.1, 0.15) is 234 Å². The summed E-state index contributed by atoms with van der Waals surface area (Å²) in [6, 6.07) is 0. The summed E-state index contributed by atoms with van der Waals surface area (Å²) in [5.41, 5.74) is 0. The van der Waals surface area contributed by atoms with E-state index in [1.54, 1.807) is 94.8 Å². The van der Waals surface area contributed by atoms with Crippen LogP contribution in [0, 0.1) is 0 Å². The molecule has 44 heavy (non-hydrogen) atoms. The van der Waals surface area contributed by atoms with Crippen molar-refractivity contribution < 1.29 is 0 Å². The summed E-state index contributed by atoms with van der Waals surface area (Å²) >= 11 is 0. The predicted molar refractivity (Wildman–Crippen MR) is 218 cm³/mol. The van der Waals surface area contributed by atoms with Crippen LogP contribution in [0.4, 0.5) is 0 Å². The van der Waals surface area contributed by atoms with Crippen molar-refractivity contribution in [3.63, 3.8) is 0 Å². The van der Waals surface area contributed by atoms with Crippen molar-refractivity contribution >= 4 is 13.9 Å². The molecule has 0 aromatic heterocycles. The van der Waals surface area contributed by atoms with Crippen molar-refractivity contribution in [3.8, 4) is 0 Å². The minimum absolute atomic E-state index is 1.31. The topological polar surface area (TPSA) is 0 Å². The molecule has 0 aliphatic heterocycles. The Bertz CT molecular complexity index is 472. The Morgan fingerprint density at radius 1 is 0.182 bits per heavy atom. The Morgan fingerprint density at radius 2 is 0.318 bits per heavy atom. The standard InChI is InChI=1S/C42H92P2/c1-7-13-19-25-28-34-40-44(41-35-29-26-20-14-8-2,42-36-30-27-21-15-9-3)43(37-31-22-16-10-4,38-32-23-17-11-5)39-33-24-18-12-6/h43-44H,7-42H2,1-6H3. The van der Waals surface area contributed by atoms with E-state index in [1.165, 1.54) is 135 Å². The zero-order chi connectivity index (χ0) is 32.5. The van der Waals surface area contributed by atoms with Gasteiger partial charge in [-0.05, 0) is 0 Å². The van der Waals surface area contributed by atoms with E-state index < -0.39 is 13.9 Å². The maximum atomic E-state index is 2.43. The summed E-state index contributed by atoms with van der Waals surface area (Å²) in [7, 11) is 0. The van der Waals surface area contributed by atoms with Crippen molar-refractivity contribution in [2.24, 2.45) is 0 Å². The summed E-state index contributed by atoms with van der Waals surface area (Å²) in [6.07, 6.45) is 55.6. The third-order valence-electron chi connectivity index (χ3n) is 11.7. The fraction of sp³-hybridized carbons (Fsp3) is 1.00. The second kappa shape index (κ2) is 33.7. The molecule has 0 aromatic rings. The first kappa shape index (κ1) is 44.9. The van der Waals surface area contributed by atoms with Gasteiger partial charge in [0, 0.05) is 0 Å². The van der Waals surface area contributed by atoms with Crippen LogP contribution >= 0.6 is 13.9 Å². The summed E-state index contributed by atoms with van der Waals surface area (Å²) in [5.74, 6) is 0. The first-order valence-electron chi connectivity index (χ1n) is 21.6. The van der Waals surface area contributed by atoms with E-state index >= 15 is 0 Å². The van der Waals surface area contributed by atoms with Gasteiger partial charge in [0.2, 0.25) is 0 Å². The Kier molecular flexibility index (Phi) is 34.4. The maximum absolute atomic E-state index is 2.43. The minimum atomic E-state index is -1.32. The van der Waals surface area contributed by atoms with E-state index in [1.807, 2.05) is 0 Å². The van der Waals surface area contributed by atoms with Crippen molar-refractivity contribution in [2.75, 3.05) is 37.0 Å². The molecular weight excluding hydrogens is 566 g/mol. The van der Waals surface area contributed by atoms with Crippen LogP contribution in [-0.4, -0.2) is 37.0 Å². The van der Waals surface area contributed by atoms with E-state index in [0.717, 1.165) is 0 Å². The van der Waals surface area contributed by atoms with Crippen molar-refractivity contribution in [2.45, 2.75) is 234 Å². The molecule has 0 aliphatic rings. The molecule has 0 bridgehead atoms.